The molecule has 3 nitrogen and oxygen atoms in total. The topological polar surface area (TPSA) is 23.6 Å². The molecule has 1 aromatic carbocycles. The smallest absolute Gasteiger partial charge is 0.255 e. The molecule has 1 aromatic rings. The zero-order chi connectivity index (χ0) is 14.8. The molecule has 2 aliphatic rings. The molecule has 2 saturated heterocycles. The second-order valence-corrected chi connectivity index (χ2v) is 6.76. The summed E-state index contributed by atoms with van der Waals surface area (Å²) in [7, 11) is 0. The average molecular weight is 327 g/mol. The molecule has 2 aliphatic heterocycles. The third-order valence-corrected chi connectivity index (χ3v) is 5.05. The van der Waals surface area contributed by atoms with Gasteiger partial charge in [-0.15, -0.1) is 0 Å². The molecule has 0 bridgehead atoms. The van der Waals surface area contributed by atoms with Gasteiger partial charge < -0.3 is 4.90 Å². The minimum Gasteiger partial charge on any atom is -0.337 e. The molecule has 1 atom stereocenters. The Bertz CT molecular complexity index is 529. The van der Waals surface area contributed by atoms with E-state index < -0.39 is 0 Å². The van der Waals surface area contributed by atoms with E-state index in [2.05, 4.69) is 4.90 Å². The molecular weight excluding hydrogens is 307 g/mol. The van der Waals surface area contributed by atoms with Crippen LogP contribution in [0.3, 0.4) is 0 Å². The molecule has 0 radical (unpaired) electrons. The second-order valence-electron chi connectivity index (χ2n) is 5.91. The molecule has 3 rings (SSSR count). The molecule has 5 heteroatoms. The fourth-order valence-corrected chi connectivity index (χ4v) is 3.87. The summed E-state index contributed by atoms with van der Waals surface area (Å²) in [6.45, 7) is 3.99. The van der Waals surface area contributed by atoms with Crippen molar-refractivity contribution < 1.29 is 4.79 Å². The lowest BCUT2D eigenvalue weighted by Crippen LogP contribution is -2.49. The lowest BCUT2D eigenvalue weighted by Gasteiger charge is -2.37. The predicted molar refractivity (Wildman–Crippen MR) is 86.2 cm³/mol. The number of likely N-dealkylation sites (tertiary alicyclic amines) is 2. The summed E-state index contributed by atoms with van der Waals surface area (Å²) in [5.74, 6) is 0.0283. The molecule has 0 aromatic heterocycles. The van der Waals surface area contributed by atoms with Gasteiger partial charge in [0.15, 0.2) is 0 Å². The fraction of sp³-hybridized carbons (Fsp3) is 0.562. The van der Waals surface area contributed by atoms with Crippen LogP contribution in [0.25, 0.3) is 0 Å². The van der Waals surface area contributed by atoms with Gasteiger partial charge in [-0.25, -0.2) is 0 Å². The molecule has 2 heterocycles. The SMILES string of the molecule is O=C(c1ccc(Cl)cc1Cl)N1CCCC(N2CCCC2)C1. The summed E-state index contributed by atoms with van der Waals surface area (Å²) < 4.78 is 0. The third kappa shape index (κ3) is 3.36. The summed E-state index contributed by atoms with van der Waals surface area (Å²) in [5, 5.41) is 1.00. The van der Waals surface area contributed by atoms with Crippen LogP contribution in [0.4, 0.5) is 0 Å². The van der Waals surface area contributed by atoms with Crippen LogP contribution in [-0.2, 0) is 0 Å². The summed E-state index contributed by atoms with van der Waals surface area (Å²) >= 11 is 12.1. The molecule has 0 spiro atoms. The lowest BCUT2D eigenvalue weighted by atomic mass is 10.0. The van der Waals surface area contributed by atoms with Gasteiger partial charge in [0.2, 0.25) is 0 Å². The van der Waals surface area contributed by atoms with Crippen molar-refractivity contribution in [2.75, 3.05) is 26.2 Å². The number of halogens is 2. The van der Waals surface area contributed by atoms with Crippen molar-refractivity contribution in [1.82, 2.24) is 9.80 Å². The van der Waals surface area contributed by atoms with Crippen molar-refractivity contribution >= 4 is 29.1 Å². The highest BCUT2D eigenvalue weighted by Crippen LogP contribution is 2.25. The van der Waals surface area contributed by atoms with Crippen molar-refractivity contribution in [3.05, 3.63) is 33.8 Å². The van der Waals surface area contributed by atoms with Gasteiger partial charge in [0, 0.05) is 24.2 Å². The number of carbonyl (C=O) groups excluding carboxylic acids is 1. The normalized spacial score (nSPS) is 23.5. The Kier molecular flexibility index (Phi) is 4.72. The summed E-state index contributed by atoms with van der Waals surface area (Å²) in [6, 6.07) is 5.60. The molecular formula is C16H20Cl2N2O. The number of benzene rings is 1. The first-order valence-corrected chi connectivity index (χ1v) is 8.39. The van der Waals surface area contributed by atoms with Gasteiger partial charge in [-0.05, 0) is 57.0 Å². The maximum atomic E-state index is 12.7. The molecule has 0 N–H and O–H groups in total. The van der Waals surface area contributed by atoms with Gasteiger partial charge in [0.05, 0.1) is 10.6 Å². The Labute approximate surface area is 135 Å². The molecule has 0 saturated carbocycles. The number of rotatable bonds is 2. The molecule has 1 amide bonds. The van der Waals surface area contributed by atoms with Crippen molar-refractivity contribution in [2.45, 2.75) is 31.7 Å². The number of nitrogens with zero attached hydrogens (tertiary/aromatic N) is 2. The Balaban J connectivity index is 1.71. The molecule has 0 aliphatic carbocycles. The largest absolute Gasteiger partial charge is 0.337 e. The number of piperidine rings is 1. The summed E-state index contributed by atoms with van der Waals surface area (Å²) in [6.07, 6.45) is 4.83. The standard InChI is InChI=1S/C16H20Cl2N2O/c17-12-5-6-14(15(18)10-12)16(21)20-9-3-4-13(11-20)19-7-1-2-8-19/h5-6,10,13H,1-4,7-9,11H2. The maximum absolute atomic E-state index is 12.7. The summed E-state index contributed by atoms with van der Waals surface area (Å²) in [4.78, 5) is 17.1. The van der Waals surface area contributed by atoms with Crippen LogP contribution in [-0.4, -0.2) is 47.9 Å². The van der Waals surface area contributed by atoms with Crippen LogP contribution < -0.4 is 0 Å². The zero-order valence-electron chi connectivity index (χ0n) is 12.0. The fourth-order valence-electron chi connectivity index (χ4n) is 3.38. The van der Waals surface area contributed by atoms with Crippen LogP contribution in [0.2, 0.25) is 10.0 Å². The number of hydrogen-bond donors (Lipinski definition) is 0. The van der Waals surface area contributed by atoms with E-state index in [-0.39, 0.29) is 5.91 Å². The number of carbonyl (C=O) groups is 1. The van der Waals surface area contributed by atoms with E-state index in [1.165, 1.54) is 32.4 Å². The van der Waals surface area contributed by atoms with Gasteiger partial charge in [0.1, 0.15) is 0 Å². The van der Waals surface area contributed by atoms with Crippen molar-refractivity contribution in [3.63, 3.8) is 0 Å². The monoisotopic (exact) mass is 326 g/mol. The van der Waals surface area contributed by atoms with Crippen LogP contribution in [0, 0.1) is 0 Å². The molecule has 2 fully saturated rings. The maximum Gasteiger partial charge on any atom is 0.255 e. The zero-order valence-corrected chi connectivity index (χ0v) is 13.5. The van der Waals surface area contributed by atoms with Crippen LogP contribution in [0.15, 0.2) is 18.2 Å². The van der Waals surface area contributed by atoms with E-state index in [4.69, 9.17) is 23.2 Å². The Morgan fingerprint density at radius 2 is 1.86 bits per heavy atom. The van der Waals surface area contributed by atoms with Crippen molar-refractivity contribution in [2.24, 2.45) is 0 Å². The first-order chi connectivity index (χ1) is 10.1. The van der Waals surface area contributed by atoms with Crippen LogP contribution >= 0.6 is 23.2 Å². The highest BCUT2D eigenvalue weighted by molar-refractivity contribution is 6.36. The van der Waals surface area contributed by atoms with Gasteiger partial charge in [0.25, 0.3) is 5.91 Å². The number of amides is 1. The molecule has 21 heavy (non-hydrogen) atoms. The van der Waals surface area contributed by atoms with E-state index in [9.17, 15) is 4.79 Å². The first-order valence-electron chi connectivity index (χ1n) is 7.63. The van der Waals surface area contributed by atoms with E-state index in [0.29, 0.717) is 21.7 Å². The van der Waals surface area contributed by atoms with Crippen molar-refractivity contribution in [1.29, 1.82) is 0 Å². The van der Waals surface area contributed by atoms with E-state index in [0.717, 1.165) is 19.5 Å². The second kappa shape index (κ2) is 6.55. The lowest BCUT2D eigenvalue weighted by molar-refractivity contribution is 0.0608. The van der Waals surface area contributed by atoms with E-state index in [1.54, 1.807) is 18.2 Å². The summed E-state index contributed by atoms with van der Waals surface area (Å²) in [5.41, 5.74) is 0.558. The first kappa shape index (κ1) is 15.1. The van der Waals surface area contributed by atoms with Gasteiger partial charge in [-0.1, -0.05) is 23.2 Å². The van der Waals surface area contributed by atoms with Gasteiger partial charge in [-0.2, -0.15) is 0 Å². The van der Waals surface area contributed by atoms with E-state index >= 15 is 0 Å². The van der Waals surface area contributed by atoms with Gasteiger partial charge in [-0.3, -0.25) is 9.69 Å². The Hall–Kier alpha value is -0.770. The minimum atomic E-state index is 0.0283. The molecule has 1 unspecified atom stereocenters. The Morgan fingerprint density at radius 1 is 1.10 bits per heavy atom. The van der Waals surface area contributed by atoms with Crippen LogP contribution in [0.1, 0.15) is 36.0 Å². The highest BCUT2D eigenvalue weighted by atomic mass is 35.5. The van der Waals surface area contributed by atoms with Crippen molar-refractivity contribution in [3.8, 4) is 0 Å². The average Bonchev–Trinajstić information content (AvgIpc) is 3.01. The quantitative estimate of drug-likeness (QED) is 0.827. The number of hydrogen-bond acceptors (Lipinski definition) is 2. The third-order valence-electron chi connectivity index (χ3n) is 4.50. The molecule has 114 valence electrons. The van der Waals surface area contributed by atoms with E-state index in [1.807, 2.05) is 4.90 Å². The predicted octanol–water partition coefficient (Wildman–Crippen LogP) is 3.69. The van der Waals surface area contributed by atoms with Crippen LogP contribution in [0.5, 0.6) is 0 Å². The van der Waals surface area contributed by atoms with Gasteiger partial charge >= 0.3 is 0 Å². The Morgan fingerprint density at radius 3 is 2.57 bits per heavy atom. The highest BCUT2D eigenvalue weighted by Gasteiger charge is 2.30. The minimum absolute atomic E-state index is 0.0283.